The Morgan fingerprint density at radius 2 is 2.50 bits per heavy atom. The van der Waals surface area contributed by atoms with Gasteiger partial charge in [-0.3, -0.25) is 9.89 Å². The van der Waals surface area contributed by atoms with Crippen LogP contribution >= 0.6 is 11.8 Å². The highest BCUT2D eigenvalue weighted by atomic mass is 32.2. The normalized spacial score (nSPS) is 10.3. The number of aromatic amines is 1. The van der Waals surface area contributed by atoms with Gasteiger partial charge in [0.15, 0.2) is 5.76 Å². The fraction of sp³-hybridized carbons (Fsp3) is 0.200. The smallest absolute Gasteiger partial charge is 0.291 e. The van der Waals surface area contributed by atoms with Gasteiger partial charge in [-0.1, -0.05) is 0 Å². The summed E-state index contributed by atoms with van der Waals surface area (Å²) in [6.07, 6.45) is 5.11. The standard InChI is InChI=1S/C10H11N3O2S/c1-16-6-8-2-3-9(15-8)10(14)13-7-4-11-12-5-7/h2-5H,6H2,1H3,(H,11,12)(H,13,14). The van der Waals surface area contributed by atoms with Crippen molar-refractivity contribution in [3.8, 4) is 0 Å². The van der Waals surface area contributed by atoms with E-state index >= 15 is 0 Å². The average Bonchev–Trinajstić information content (AvgIpc) is 2.89. The van der Waals surface area contributed by atoms with Gasteiger partial charge in [-0.25, -0.2) is 0 Å². The number of hydrogen-bond acceptors (Lipinski definition) is 4. The van der Waals surface area contributed by atoms with Crippen molar-refractivity contribution in [2.45, 2.75) is 5.75 Å². The molecule has 0 saturated heterocycles. The fourth-order valence-electron chi connectivity index (χ4n) is 1.23. The summed E-state index contributed by atoms with van der Waals surface area (Å²) < 4.78 is 5.37. The second kappa shape index (κ2) is 4.89. The Balaban J connectivity index is 2.03. The van der Waals surface area contributed by atoms with Crippen LogP contribution < -0.4 is 5.32 Å². The first kappa shape index (κ1) is 10.8. The van der Waals surface area contributed by atoms with Crippen LogP contribution in [0, 0.1) is 0 Å². The van der Waals surface area contributed by atoms with Crippen LogP contribution in [0.1, 0.15) is 16.3 Å². The quantitative estimate of drug-likeness (QED) is 0.854. The maximum absolute atomic E-state index is 11.7. The highest BCUT2D eigenvalue weighted by Gasteiger charge is 2.11. The van der Waals surface area contributed by atoms with Crippen molar-refractivity contribution >= 4 is 23.4 Å². The summed E-state index contributed by atoms with van der Waals surface area (Å²) >= 11 is 1.64. The van der Waals surface area contributed by atoms with E-state index in [0.717, 1.165) is 11.5 Å². The van der Waals surface area contributed by atoms with Gasteiger partial charge in [-0.15, -0.1) is 0 Å². The Bertz CT molecular complexity index is 464. The van der Waals surface area contributed by atoms with Gasteiger partial charge in [-0.05, 0) is 18.4 Å². The number of aromatic nitrogens is 2. The van der Waals surface area contributed by atoms with Crippen molar-refractivity contribution in [3.63, 3.8) is 0 Å². The third-order valence-electron chi connectivity index (χ3n) is 1.93. The lowest BCUT2D eigenvalue weighted by molar-refractivity contribution is 0.0995. The molecule has 0 saturated carbocycles. The zero-order chi connectivity index (χ0) is 11.4. The third kappa shape index (κ3) is 2.46. The molecule has 2 heterocycles. The van der Waals surface area contributed by atoms with Crippen molar-refractivity contribution < 1.29 is 9.21 Å². The molecule has 1 amide bonds. The lowest BCUT2D eigenvalue weighted by Crippen LogP contribution is -2.10. The molecule has 84 valence electrons. The van der Waals surface area contributed by atoms with Crippen LogP contribution in [0.25, 0.3) is 0 Å². The number of H-pyrrole nitrogens is 1. The van der Waals surface area contributed by atoms with Gasteiger partial charge in [0.05, 0.1) is 17.6 Å². The maximum atomic E-state index is 11.7. The first-order valence-electron chi connectivity index (χ1n) is 4.67. The molecule has 0 aromatic carbocycles. The molecule has 0 bridgehead atoms. The molecule has 0 radical (unpaired) electrons. The largest absolute Gasteiger partial charge is 0.455 e. The number of hydrogen-bond donors (Lipinski definition) is 2. The lowest BCUT2D eigenvalue weighted by atomic mass is 10.4. The molecule has 0 fully saturated rings. The monoisotopic (exact) mass is 237 g/mol. The van der Waals surface area contributed by atoms with E-state index < -0.39 is 0 Å². The van der Waals surface area contributed by atoms with Gasteiger partial charge in [0.25, 0.3) is 5.91 Å². The summed E-state index contributed by atoms with van der Waals surface area (Å²) in [7, 11) is 0. The van der Waals surface area contributed by atoms with Crippen LogP contribution in [0.4, 0.5) is 5.69 Å². The van der Waals surface area contributed by atoms with Crippen LogP contribution in [0.15, 0.2) is 28.9 Å². The zero-order valence-electron chi connectivity index (χ0n) is 8.69. The Morgan fingerprint density at radius 3 is 3.19 bits per heavy atom. The van der Waals surface area contributed by atoms with Gasteiger partial charge in [0.2, 0.25) is 0 Å². The predicted molar refractivity (Wildman–Crippen MR) is 62.5 cm³/mol. The van der Waals surface area contributed by atoms with E-state index in [4.69, 9.17) is 4.42 Å². The van der Waals surface area contributed by atoms with Crippen molar-refractivity contribution in [1.29, 1.82) is 0 Å². The van der Waals surface area contributed by atoms with Gasteiger partial charge in [-0.2, -0.15) is 16.9 Å². The number of carbonyl (C=O) groups is 1. The summed E-state index contributed by atoms with van der Waals surface area (Å²) in [6.45, 7) is 0. The molecule has 0 spiro atoms. The molecule has 0 atom stereocenters. The van der Waals surface area contributed by atoms with Gasteiger partial charge in [0, 0.05) is 6.20 Å². The summed E-state index contributed by atoms with van der Waals surface area (Å²) in [5.74, 6) is 1.60. The van der Waals surface area contributed by atoms with Crippen LogP contribution in [0.3, 0.4) is 0 Å². The predicted octanol–water partition coefficient (Wildman–Crippen LogP) is 2.12. The minimum atomic E-state index is -0.270. The van der Waals surface area contributed by atoms with Crippen LogP contribution in [-0.4, -0.2) is 22.4 Å². The highest BCUT2D eigenvalue weighted by Crippen LogP contribution is 2.14. The highest BCUT2D eigenvalue weighted by molar-refractivity contribution is 7.97. The van der Waals surface area contributed by atoms with Crippen LogP contribution in [0.2, 0.25) is 0 Å². The average molecular weight is 237 g/mol. The molecular weight excluding hydrogens is 226 g/mol. The number of nitrogens with zero attached hydrogens (tertiary/aromatic N) is 1. The molecule has 5 nitrogen and oxygen atoms in total. The summed E-state index contributed by atoms with van der Waals surface area (Å²) in [6, 6.07) is 3.47. The molecule has 2 N–H and O–H groups in total. The van der Waals surface area contributed by atoms with Crippen molar-refractivity contribution in [3.05, 3.63) is 36.0 Å². The molecule has 0 aliphatic heterocycles. The molecule has 2 rings (SSSR count). The molecular formula is C10H11N3O2S. The number of nitrogens with one attached hydrogen (secondary N) is 2. The third-order valence-corrected chi connectivity index (χ3v) is 2.50. The number of rotatable bonds is 4. The van der Waals surface area contributed by atoms with Gasteiger partial charge in [0.1, 0.15) is 5.76 Å². The van der Waals surface area contributed by atoms with E-state index in [1.54, 1.807) is 30.1 Å². The summed E-state index contributed by atoms with van der Waals surface area (Å²) in [5.41, 5.74) is 0.618. The minimum absolute atomic E-state index is 0.270. The van der Waals surface area contributed by atoms with Crippen LogP contribution in [-0.2, 0) is 5.75 Å². The zero-order valence-corrected chi connectivity index (χ0v) is 9.50. The SMILES string of the molecule is CSCc1ccc(C(=O)Nc2cn[nH]c2)o1. The van der Waals surface area contributed by atoms with Gasteiger partial charge < -0.3 is 9.73 Å². The topological polar surface area (TPSA) is 70.9 Å². The molecule has 0 unspecified atom stereocenters. The second-order valence-corrected chi connectivity index (χ2v) is 4.01. The number of amides is 1. The molecule has 16 heavy (non-hydrogen) atoms. The van der Waals surface area contributed by atoms with E-state index in [2.05, 4.69) is 15.5 Å². The van der Waals surface area contributed by atoms with Crippen LogP contribution in [0.5, 0.6) is 0 Å². The van der Waals surface area contributed by atoms with E-state index in [0.29, 0.717) is 11.4 Å². The second-order valence-electron chi connectivity index (χ2n) is 3.14. The Hall–Kier alpha value is -1.69. The lowest BCUT2D eigenvalue weighted by Gasteiger charge is -1.98. The Labute approximate surface area is 96.6 Å². The Kier molecular flexibility index (Phi) is 3.31. The Morgan fingerprint density at radius 1 is 1.62 bits per heavy atom. The van der Waals surface area contributed by atoms with Gasteiger partial charge >= 0.3 is 0 Å². The van der Waals surface area contributed by atoms with E-state index in [1.165, 1.54) is 6.20 Å². The first-order valence-corrected chi connectivity index (χ1v) is 6.07. The molecule has 2 aromatic heterocycles. The van der Waals surface area contributed by atoms with Crippen molar-refractivity contribution in [2.75, 3.05) is 11.6 Å². The minimum Gasteiger partial charge on any atom is -0.455 e. The molecule has 0 aliphatic rings. The maximum Gasteiger partial charge on any atom is 0.291 e. The van der Waals surface area contributed by atoms with Crippen molar-refractivity contribution in [2.24, 2.45) is 0 Å². The fourth-order valence-corrected chi connectivity index (χ4v) is 1.67. The number of thioether (sulfide) groups is 1. The van der Waals surface area contributed by atoms with E-state index in [9.17, 15) is 4.79 Å². The van der Waals surface area contributed by atoms with Crippen molar-refractivity contribution in [1.82, 2.24) is 10.2 Å². The first-order chi connectivity index (χ1) is 7.79. The molecule has 2 aromatic rings. The number of furan rings is 1. The van der Waals surface area contributed by atoms with E-state index in [1.807, 2.05) is 6.26 Å². The molecule has 0 aliphatic carbocycles. The molecule has 6 heteroatoms. The summed E-state index contributed by atoms with van der Waals surface area (Å²) in [5, 5.41) is 9.00. The summed E-state index contributed by atoms with van der Waals surface area (Å²) in [4.78, 5) is 11.7. The number of carbonyl (C=O) groups excluding carboxylic acids is 1. The number of anilines is 1. The van der Waals surface area contributed by atoms with E-state index in [-0.39, 0.29) is 5.91 Å².